The van der Waals surface area contributed by atoms with Crippen LogP contribution in [0, 0.1) is 5.92 Å². The summed E-state index contributed by atoms with van der Waals surface area (Å²) in [4.78, 5) is 32.8. The molecule has 0 aromatic carbocycles. The molecule has 8 heteroatoms. The number of nitrogens with zero attached hydrogens (tertiary/aromatic N) is 3. The van der Waals surface area contributed by atoms with Gasteiger partial charge in [-0.1, -0.05) is 0 Å². The predicted octanol–water partition coefficient (Wildman–Crippen LogP) is 0.538. The minimum atomic E-state index is -0.139. The summed E-state index contributed by atoms with van der Waals surface area (Å²) >= 11 is 0. The second kappa shape index (κ2) is 11.0. The van der Waals surface area contributed by atoms with Crippen molar-refractivity contribution >= 4 is 11.8 Å². The van der Waals surface area contributed by atoms with Crippen LogP contribution in [0.25, 0.3) is 0 Å². The van der Waals surface area contributed by atoms with Crippen molar-refractivity contribution in [3.8, 4) is 5.75 Å². The number of pyridine rings is 1. The first kappa shape index (κ1) is 20.5. The molecule has 28 heavy (non-hydrogen) atoms. The van der Waals surface area contributed by atoms with Crippen LogP contribution < -0.4 is 10.1 Å². The van der Waals surface area contributed by atoms with Crippen molar-refractivity contribution < 1.29 is 19.1 Å². The Hall–Kier alpha value is -2.19. The van der Waals surface area contributed by atoms with Gasteiger partial charge in [-0.3, -0.25) is 19.5 Å². The Labute approximate surface area is 166 Å². The van der Waals surface area contributed by atoms with Crippen LogP contribution in [0.4, 0.5) is 0 Å². The third-order valence-electron chi connectivity index (χ3n) is 5.18. The summed E-state index contributed by atoms with van der Waals surface area (Å²) in [6.45, 7) is 6.52. The van der Waals surface area contributed by atoms with E-state index in [1.54, 1.807) is 18.5 Å². The topological polar surface area (TPSA) is 84.0 Å². The van der Waals surface area contributed by atoms with Gasteiger partial charge in [0, 0.05) is 45.3 Å². The fourth-order valence-electron chi connectivity index (χ4n) is 3.57. The summed E-state index contributed by atoms with van der Waals surface area (Å²) in [6, 6.07) is 3.64. The summed E-state index contributed by atoms with van der Waals surface area (Å²) in [6.07, 6.45) is 5.32. The Balaban J connectivity index is 1.34. The number of amides is 2. The van der Waals surface area contributed by atoms with Gasteiger partial charge in [-0.25, -0.2) is 0 Å². The first-order valence-electron chi connectivity index (χ1n) is 10.1. The molecule has 154 valence electrons. The highest BCUT2D eigenvalue weighted by Gasteiger charge is 2.29. The van der Waals surface area contributed by atoms with Crippen LogP contribution in [0.3, 0.4) is 0 Å². The molecule has 2 aliphatic heterocycles. The van der Waals surface area contributed by atoms with Crippen molar-refractivity contribution in [3.05, 3.63) is 24.5 Å². The zero-order valence-corrected chi connectivity index (χ0v) is 16.3. The fraction of sp³-hybridized carbons (Fsp3) is 0.650. The lowest BCUT2D eigenvalue weighted by Gasteiger charge is -2.33. The van der Waals surface area contributed by atoms with Gasteiger partial charge in [0.25, 0.3) is 0 Å². The molecule has 1 atom stereocenters. The molecule has 0 unspecified atom stereocenters. The van der Waals surface area contributed by atoms with E-state index in [1.165, 1.54) is 0 Å². The van der Waals surface area contributed by atoms with Crippen molar-refractivity contribution in [2.75, 3.05) is 59.1 Å². The molecule has 3 heterocycles. The number of hydrogen-bond acceptors (Lipinski definition) is 6. The van der Waals surface area contributed by atoms with Crippen molar-refractivity contribution in [2.45, 2.75) is 19.3 Å². The van der Waals surface area contributed by atoms with Crippen LogP contribution in [0.1, 0.15) is 19.3 Å². The molecule has 3 rings (SSSR count). The predicted molar refractivity (Wildman–Crippen MR) is 104 cm³/mol. The average Bonchev–Trinajstić information content (AvgIpc) is 2.74. The van der Waals surface area contributed by atoms with Crippen molar-refractivity contribution in [2.24, 2.45) is 5.92 Å². The molecular weight excluding hydrogens is 360 g/mol. The van der Waals surface area contributed by atoms with Crippen LogP contribution in [-0.2, 0) is 14.3 Å². The molecule has 0 aliphatic carbocycles. The number of morpholine rings is 1. The van der Waals surface area contributed by atoms with Gasteiger partial charge in [-0.15, -0.1) is 0 Å². The van der Waals surface area contributed by atoms with E-state index >= 15 is 0 Å². The molecule has 0 saturated carbocycles. The van der Waals surface area contributed by atoms with E-state index in [9.17, 15) is 9.59 Å². The van der Waals surface area contributed by atoms with E-state index in [4.69, 9.17) is 9.47 Å². The monoisotopic (exact) mass is 390 g/mol. The van der Waals surface area contributed by atoms with E-state index in [0.717, 1.165) is 39.3 Å². The first-order chi connectivity index (χ1) is 13.7. The molecular formula is C20H30N4O4. The van der Waals surface area contributed by atoms with Gasteiger partial charge < -0.3 is 19.7 Å². The Morgan fingerprint density at radius 1 is 1.32 bits per heavy atom. The Morgan fingerprint density at radius 2 is 2.18 bits per heavy atom. The summed E-state index contributed by atoms with van der Waals surface area (Å²) in [5, 5.41) is 2.92. The molecule has 2 amide bonds. The van der Waals surface area contributed by atoms with Gasteiger partial charge in [0.1, 0.15) is 12.4 Å². The zero-order valence-electron chi connectivity index (χ0n) is 16.3. The largest absolute Gasteiger partial charge is 0.490 e. The molecule has 0 bridgehead atoms. The van der Waals surface area contributed by atoms with Crippen LogP contribution in [0.15, 0.2) is 24.5 Å². The number of hydrogen-bond donors (Lipinski definition) is 1. The van der Waals surface area contributed by atoms with Crippen LogP contribution >= 0.6 is 0 Å². The Morgan fingerprint density at radius 3 is 2.96 bits per heavy atom. The molecule has 1 N–H and O–H groups in total. The lowest BCUT2D eigenvalue weighted by molar-refractivity contribution is -0.138. The quantitative estimate of drug-likeness (QED) is 0.620. The fourth-order valence-corrected chi connectivity index (χ4v) is 3.57. The number of carbonyl (C=O) groups is 2. The van der Waals surface area contributed by atoms with Crippen molar-refractivity contribution in [1.82, 2.24) is 20.1 Å². The number of likely N-dealkylation sites (tertiary alicyclic amines) is 1. The standard InChI is InChI=1S/C20H30N4O4/c25-19-5-4-17(16-24(19)9-2-8-23-10-13-27-14-11-23)20(26)22-7-12-28-18-3-1-6-21-15-18/h1,3,6,15,17H,2,4-5,7-14,16H2,(H,22,26)/t17-/m0/s1. The Kier molecular flexibility index (Phi) is 8.05. The average molecular weight is 390 g/mol. The first-order valence-corrected chi connectivity index (χ1v) is 10.1. The second-order valence-electron chi connectivity index (χ2n) is 7.21. The normalized spacial score (nSPS) is 20.8. The highest BCUT2D eigenvalue weighted by atomic mass is 16.5. The van der Waals surface area contributed by atoms with E-state index in [1.807, 2.05) is 11.0 Å². The molecule has 0 radical (unpaired) electrons. The van der Waals surface area contributed by atoms with Gasteiger partial charge in [0.2, 0.25) is 11.8 Å². The number of aromatic nitrogens is 1. The van der Waals surface area contributed by atoms with Gasteiger partial charge in [0.15, 0.2) is 0 Å². The lowest BCUT2D eigenvalue weighted by Crippen LogP contribution is -2.47. The minimum Gasteiger partial charge on any atom is -0.490 e. The highest BCUT2D eigenvalue weighted by Crippen LogP contribution is 2.18. The maximum absolute atomic E-state index is 12.4. The maximum Gasteiger partial charge on any atom is 0.225 e. The molecule has 2 aliphatic rings. The number of ether oxygens (including phenoxy) is 2. The maximum atomic E-state index is 12.4. The minimum absolute atomic E-state index is 0.000431. The van der Waals surface area contributed by atoms with E-state index in [2.05, 4.69) is 15.2 Å². The number of carbonyl (C=O) groups excluding carboxylic acids is 2. The molecule has 2 saturated heterocycles. The van der Waals surface area contributed by atoms with Crippen molar-refractivity contribution in [3.63, 3.8) is 0 Å². The highest BCUT2D eigenvalue weighted by molar-refractivity contribution is 5.83. The number of piperidine rings is 1. The third-order valence-corrected chi connectivity index (χ3v) is 5.18. The summed E-state index contributed by atoms with van der Waals surface area (Å²) < 4.78 is 10.9. The molecule has 8 nitrogen and oxygen atoms in total. The summed E-state index contributed by atoms with van der Waals surface area (Å²) in [7, 11) is 0. The van der Waals surface area contributed by atoms with E-state index in [0.29, 0.717) is 44.8 Å². The second-order valence-corrected chi connectivity index (χ2v) is 7.21. The van der Waals surface area contributed by atoms with Gasteiger partial charge in [0.05, 0.1) is 31.9 Å². The van der Waals surface area contributed by atoms with Gasteiger partial charge >= 0.3 is 0 Å². The summed E-state index contributed by atoms with van der Waals surface area (Å²) in [5.41, 5.74) is 0. The van der Waals surface area contributed by atoms with E-state index < -0.39 is 0 Å². The molecule has 0 spiro atoms. The smallest absolute Gasteiger partial charge is 0.225 e. The number of nitrogens with one attached hydrogen (secondary N) is 1. The molecule has 1 aromatic rings. The lowest BCUT2D eigenvalue weighted by atomic mass is 9.96. The van der Waals surface area contributed by atoms with Crippen LogP contribution in [0.2, 0.25) is 0 Å². The third kappa shape index (κ3) is 6.45. The van der Waals surface area contributed by atoms with Crippen LogP contribution in [-0.4, -0.2) is 85.7 Å². The molecule has 1 aromatic heterocycles. The Bertz CT molecular complexity index is 622. The van der Waals surface area contributed by atoms with Crippen LogP contribution in [0.5, 0.6) is 5.75 Å². The number of rotatable bonds is 9. The molecule has 2 fully saturated rings. The van der Waals surface area contributed by atoms with Gasteiger partial charge in [-0.2, -0.15) is 0 Å². The van der Waals surface area contributed by atoms with Crippen molar-refractivity contribution in [1.29, 1.82) is 0 Å². The van der Waals surface area contributed by atoms with E-state index in [-0.39, 0.29) is 17.7 Å². The SMILES string of the molecule is O=C(NCCOc1cccnc1)[C@H]1CCC(=O)N(CCCN2CCOCC2)C1. The summed E-state index contributed by atoms with van der Waals surface area (Å²) in [5.74, 6) is 0.706. The van der Waals surface area contributed by atoms with Gasteiger partial charge in [-0.05, 0) is 25.0 Å². The zero-order chi connectivity index (χ0) is 19.6.